The van der Waals surface area contributed by atoms with E-state index in [0.717, 1.165) is 51.3 Å². The molecule has 0 unspecified atom stereocenters. The van der Waals surface area contributed by atoms with E-state index in [4.69, 9.17) is 0 Å². The number of hydrogen-bond donors (Lipinski definition) is 1. The van der Waals surface area contributed by atoms with E-state index in [9.17, 15) is 4.79 Å². The fourth-order valence-electron chi connectivity index (χ4n) is 3.40. The summed E-state index contributed by atoms with van der Waals surface area (Å²) in [5, 5.41) is 7.62. The van der Waals surface area contributed by atoms with Crippen molar-refractivity contribution in [1.82, 2.24) is 25.0 Å². The largest absolute Gasteiger partial charge is 0.335 e. The summed E-state index contributed by atoms with van der Waals surface area (Å²) in [4.78, 5) is 18.6. The zero-order valence-corrected chi connectivity index (χ0v) is 12.1. The number of rotatable bonds is 4. The summed E-state index contributed by atoms with van der Waals surface area (Å²) in [5.74, 6) is 1.18. The van der Waals surface area contributed by atoms with Crippen LogP contribution in [-0.4, -0.2) is 45.2 Å². The lowest BCUT2D eigenvalue weighted by atomic mass is 9.78. The molecule has 3 rings (SSSR count). The molecule has 110 valence electrons. The highest BCUT2D eigenvalue weighted by molar-refractivity contribution is 5.79. The first-order valence-electron chi connectivity index (χ1n) is 7.58. The zero-order chi connectivity index (χ0) is 14.0. The molecule has 0 bridgehead atoms. The average molecular weight is 277 g/mol. The fraction of sp³-hybridized carbons (Fsp3) is 0.786. The SMILES string of the molecule is CCCn1ncnc1CN1CC2(CCNCC2)CC1=O. The number of nitrogens with zero attached hydrogens (tertiary/aromatic N) is 4. The van der Waals surface area contributed by atoms with Crippen molar-refractivity contribution in [1.29, 1.82) is 0 Å². The lowest BCUT2D eigenvalue weighted by molar-refractivity contribution is -0.128. The molecule has 1 aromatic rings. The Kier molecular flexibility index (Phi) is 3.74. The van der Waals surface area contributed by atoms with Gasteiger partial charge in [0.15, 0.2) is 0 Å². The first-order valence-corrected chi connectivity index (χ1v) is 7.58. The standard InChI is InChI=1S/C14H23N5O/c1-2-7-19-12(16-11-17-19)9-18-10-14(8-13(18)20)3-5-15-6-4-14/h11,15H,2-10H2,1H3. The van der Waals surface area contributed by atoms with Crippen molar-refractivity contribution in [2.75, 3.05) is 19.6 Å². The number of nitrogens with one attached hydrogen (secondary N) is 1. The highest BCUT2D eigenvalue weighted by Gasteiger charge is 2.43. The quantitative estimate of drug-likeness (QED) is 0.884. The molecule has 0 aromatic carbocycles. The van der Waals surface area contributed by atoms with Gasteiger partial charge in [-0.1, -0.05) is 6.92 Å². The van der Waals surface area contributed by atoms with E-state index >= 15 is 0 Å². The molecule has 1 spiro atoms. The van der Waals surface area contributed by atoms with Crippen LogP contribution < -0.4 is 5.32 Å². The van der Waals surface area contributed by atoms with Gasteiger partial charge in [-0.15, -0.1) is 0 Å². The lowest BCUT2D eigenvalue weighted by Crippen LogP contribution is -2.38. The van der Waals surface area contributed by atoms with Crippen LogP contribution in [0.3, 0.4) is 0 Å². The molecule has 6 heteroatoms. The molecule has 3 heterocycles. The van der Waals surface area contributed by atoms with E-state index in [2.05, 4.69) is 22.3 Å². The molecule has 2 aliphatic rings. The summed E-state index contributed by atoms with van der Waals surface area (Å²) in [6.45, 7) is 6.55. The number of aromatic nitrogens is 3. The summed E-state index contributed by atoms with van der Waals surface area (Å²) in [6, 6.07) is 0. The maximum Gasteiger partial charge on any atom is 0.223 e. The van der Waals surface area contributed by atoms with Crippen LogP contribution in [0.4, 0.5) is 0 Å². The summed E-state index contributed by atoms with van der Waals surface area (Å²) in [7, 11) is 0. The van der Waals surface area contributed by atoms with Crippen LogP contribution in [0.25, 0.3) is 0 Å². The summed E-state index contributed by atoms with van der Waals surface area (Å²) < 4.78 is 1.92. The zero-order valence-electron chi connectivity index (χ0n) is 12.1. The summed E-state index contributed by atoms with van der Waals surface area (Å²) in [5.41, 5.74) is 0.206. The van der Waals surface area contributed by atoms with Gasteiger partial charge >= 0.3 is 0 Å². The first-order chi connectivity index (χ1) is 9.72. The minimum Gasteiger partial charge on any atom is -0.335 e. The van der Waals surface area contributed by atoms with Gasteiger partial charge in [0.2, 0.25) is 5.91 Å². The van der Waals surface area contributed by atoms with Gasteiger partial charge < -0.3 is 10.2 Å². The second kappa shape index (κ2) is 5.52. The number of piperidine rings is 1. The van der Waals surface area contributed by atoms with Gasteiger partial charge in [-0.3, -0.25) is 4.79 Å². The lowest BCUT2D eigenvalue weighted by Gasteiger charge is -2.33. The monoisotopic (exact) mass is 277 g/mol. The van der Waals surface area contributed by atoms with Gasteiger partial charge in [0.05, 0.1) is 6.54 Å². The van der Waals surface area contributed by atoms with Gasteiger partial charge in [-0.05, 0) is 37.8 Å². The van der Waals surface area contributed by atoms with Gasteiger partial charge in [0, 0.05) is 19.5 Å². The fourth-order valence-corrected chi connectivity index (χ4v) is 3.40. The molecule has 2 aliphatic heterocycles. The number of carbonyl (C=O) groups excluding carboxylic acids is 1. The molecule has 2 saturated heterocycles. The van der Waals surface area contributed by atoms with Gasteiger partial charge in [-0.2, -0.15) is 5.10 Å². The molecule has 0 aliphatic carbocycles. The van der Waals surface area contributed by atoms with Crippen LogP contribution in [-0.2, 0) is 17.9 Å². The van der Waals surface area contributed by atoms with E-state index in [1.165, 1.54) is 0 Å². The van der Waals surface area contributed by atoms with Crippen molar-refractivity contribution in [2.45, 2.75) is 45.7 Å². The summed E-state index contributed by atoms with van der Waals surface area (Å²) >= 11 is 0. The second-order valence-electron chi connectivity index (χ2n) is 6.08. The highest BCUT2D eigenvalue weighted by Crippen LogP contribution is 2.39. The topological polar surface area (TPSA) is 63.1 Å². The first kappa shape index (κ1) is 13.5. The number of hydrogen-bond acceptors (Lipinski definition) is 4. The summed E-state index contributed by atoms with van der Waals surface area (Å²) in [6.07, 6.45) is 5.54. The molecular weight excluding hydrogens is 254 g/mol. The van der Waals surface area contributed by atoms with Crippen molar-refractivity contribution in [3.63, 3.8) is 0 Å². The Balaban J connectivity index is 1.68. The minimum atomic E-state index is 0.206. The van der Waals surface area contributed by atoms with Crippen LogP contribution in [0.2, 0.25) is 0 Å². The number of likely N-dealkylation sites (tertiary alicyclic amines) is 1. The van der Waals surface area contributed by atoms with Crippen molar-refractivity contribution in [3.8, 4) is 0 Å². The van der Waals surface area contributed by atoms with Gasteiger partial charge in [0.1, 0.15) is 12.2 Å². The van der Waals surface area contributed by atoms with Crippen LogP contribution >= 0.6 is 0 Å². The van der Waals surface area contributed by atoms with Gasteiger partial charge in [0.25, 0.3) is 0 Å². The minimum absolute atomic E-state index is 0.206. The average Bonchev–Trinajstić information content (AvgIpc) is 2.98. The molecule has 20 heavy (non-hydrogen) atoms. The predicted molar refractivity (Wildman–Crippen MR) is 74.9 cm³/mol. The van der Waals surface area contributed by atoms with E-state index in [0.29, 0.717) is 13.0 Å². The number of carbonyl (C=O) groups is 1. The van der Waals surface area contributed by atoms with E-state index < -0.39 is 0 Å². The van der Waals surface area contributed by atoms with E-state index in [1.54, 1.807) is 6.33 Å². The van der Waals surface area contributed by atoms with Crippen molar-refractivity contribution in [2.24, 2.45) is 5.41 Å². The van der Waals surface area contributed by atoms with E-state index in [1.807, 2.05) is 9.58 Å². The third-order valence-electron chi connectivity index (χ3n) is 4.53. The molecular formula is C14H23N5O. The Morgan fingerprint density at radius 2 is 2.20 bits per heavy atom. The maximum absolute atomic E-state index is 12.3. The van der Waals surface area contributed by atoms with Crippen LogP contribution in [0, 0.1) is 5.41 Å². The van der Waals surface area contributed by atoms with Crippen molar-refractivity contribution in [3.05, 3.63) is 12.2 Å². The van der Waals surface area contributed by atoms with Crippen molar-refractivity contribution < 1.29 is 4.79 Å². The molecule has 0 atom stereocenters. The Morgan fingerprint density at radius 1 is 1.40 bits per heavy atom. The third kappa shape index (κ3) is 2.57. The number of aryl methyl sites for hydroxylation is 1. The number of amides is 1. The molecule has 6 nitrogen and oxygen atoms in total. The van der Waals surface area contributed by atoms with Gasteiger partial charge in [-0.25, -0.2) is 9.67 Å². The maximum atomic E-state index is 12.3. The second-order valence-corrected chi connectivity index (χ2v) is 6.08. The Morgan fingerprint density at radius 3 is 2.95 bits per heavy atom. The molecule has 1 N–H and O–H groups in total. The molecule has 2 fully saturated rings. The van der Waals surface area contributed by atoms with Crippen LogP contribution in [0.1, 0.15) is 38.4 Å². The third-order valence-corrected chi connectivity index (χ3v) is 4.53. The molecule has 0 radical (unpaired) electrons. The Hall–Kier alpha value is -1.43. The Bertz CT molecular complexity index is 478. The van der Waals surface area contributed by atoms with Crippen LogP contribution in [0.15, 0.2) is 6.33 Å². The smallest absolute Gasteiger partial charge is 0.223 e. The predicted octanol–water partition coefficient (Wildman–Crippen LogP) is 0.790. The normalized spacial score (nSPS) is 21.9. The Labute approximate surface area is 119 Å². The molecule has 0 saturated carbocycles. The van der Waals surface area contributed by atoms with Crippen molar-refractivity contribution >= 4 is 5.91 Å². The molecule has 1 aromatic heterocycles. The highest BCUT2D eigenvalue weighted by atomic mass is 16.2. The molecule has 1 amide bonds. The van der Waals surface area contributed by atoms with Crippen LogP contribution in [0.5, 0.6) is 0 Å². The van der Waals surface area contributed by atoms with E-state index in [-0.39, 0.29) is 11.3 Å².